The van der Waals surface area contributed by atoms with Gasteiger partial charge in [-0.15, -0.1) is 0 Å². The van der Waals surface area contributed by atoms with Gasteiger partial charge in [0.05, 0.1) is 10.8 Å². The molecule has 0 aliphatic rings. The summed E-state index contributed by atoms with van der Waals surface area (Å²) >= 11 is 0. The molecule has 0 aliphatic carbocycles. The number of aromatic hydroxyl groups is 1. The Kier molecular flexibility index (Phi) is 6.82. The number of rotatable bonds is 7. The third kappa shape index (κ3) is 5.87. The molecule has 0 spiro atoms. The van der Waals surface area contributed by atoms with Crippen molar-refractivity contribution in [2.24, 2.45) is 0 Å². The Balaban J connectivity index is 1.77. The number of phenols is 1. The molecule has 1 atom stereocenters. The van der Waals surface area contributed by atoms with Crippen LogP contribution in [0.25, 0.3) is 12.2 Å². The summed E-state index contributed by atoms with van der Waals surface area (Å²) in [5.41, 5.74) is 2.13. The van der Waals surface area contributed by atoms with E-state index in [-0.39, 0.29) is 0 Å². The molecule has 1 N–H and O–H groups in total. The third-order valence-corrected chi connectivity index (χ3v) is 4.46. The van der Waals surface area contributed by atoms with Crippen LogP contribution in [-0.4, -0.2) is 15.6 Å². The standard InChI is InChI=1S/C20H22O2S/c1-23(22)20-12-8-7-11-18(20)10-6-4-2-3-5-9-17-13-15-19(21)16-14-17/h5-16,21H,2-4H2,1H3/b9-5+,10-6+. The topological polar surface area (TPSA) is 37.3 Å². The average Bonchev–Trinajstić information content (AvgIpc) is 2.56. The second kappa shape index (κ2) is 9.11. The van der Waals surface area contributed by atoms with E-state index in [4.69, 9.17) is 0 Å². The highest BCUT2D eigenvalue weighted by Crippen LogP contribution is 2.15. The van der Waals surface area contributed by atoms with E-state index < -0.39 is 10.8 Å². The van der Waals surface area contributed by atoms with Gasteiger partial charge in [-0.1, -0.05) is 54.6 Å². The molecule has 1 unspecified atom stereocenters. The summed E-state index contributed by atoms with van der Waals surface area (Å²) in [6, 6.07) is 15.0. The first kappa shape index (κ1) is 17.2. The molecule has 23 heavy (non-hydrogen) atoms. The van der Waals surface area contributed by atoms with Crippen LogP contribution < -0.4 is 0 Å². The summed E-state index contributed by atoms with van der Waals surface area (Å²) in [7, 11) is -0.954. The Morgan fingerprint density at radius 2 is 1.61 bits per heavy atom. The predicted molar refractivity (Wildman–Crippen MR) is 98.8 cm³/mol. The predicted octanol–water partition coefficient (Wildman–Crippen LogP) is 5.03. The molecule has 0 aliphatic heterocycles. The maximum atomic E-state index is 11.6. The molecule has 0 radical (unpaired) electrons. The van der Waals surface area contributed by atoms with Crippen LogP contribution in [0.1, 0.15) is 30.4 Å². The molecule has 0 heterocycles. The van der Waals surface area contributed by atoms with Gasteiger partial charge in [0.2, 0.25) is 0 Å². The molecule has 2 nitrogen and oxygen atoms in total. The Labute approximate surface area is 140 Å². The minimum absolute atomic E-state index is 0.292. The van der Waals surface area contributed by atoms with Gasteiger partial charge < -0.3 is 5.11 Å². The van der Waals surface area contributed by atoms with Crippen LogP contribution >= 0.6 is 0 Å². The molecule has 0 bridgehead atoms. The van der Waals surface area contributed by atoms with Crippen molar-refractivity contribution in [3.63, 3.8) is 0 Å². The highest BCUT2D eigenvalue weighted by molar-refractivity contribution is 7.84. The van der Waals surface area contributed by atoms with Gasteiger partial charge in [0.1, 0.15) is 5.75 Å². The SMILES string of the molecule is CS(=O)c1ccccc1/C=C/CCC/C=C/c1ccc(O)cc1. The monoisotopic (exact) mass is 326 g/mol. The van der Waals surface area contributed by atoms with Crippen molar-refractivity contribution >= 4 is 23.0 Å². The van der Waals surface area contributed by atoms with Crippen LogP contribution in [0.3, 0.4) is 0 Å². The van der Waals surface area contributed by atoms with Crippen LogP contribution in [0.4, 0.5) is 0 Å². The highest BCUT2D eigenvalue weighted by atomic mass is 32.2. The van der Waals surface area contributed by atoms with Crippen molar-refractivity contribution in [2.45, 2.75) is 24.2 Å². The zero-order chi connectivity index (χ0) is 16.5. The molecule has 0 fully saturated rings. The Bertz CT molecular complexity index is 700. The largest absolute Gasteiger partial charge is 0.508 e. The molecule has 0 saturated heterocycles. The van der Waals surface area contributed by atoms with E-state index in [2.05, 4.69) is 24.3 Å². The van der Waals surface area contributed by atoms with Gasteiger partial charge in [0.15, 0.2) is 0 Å². The number of allylic oxidation sites excluding steroid dienone is 2. The molecular weight excluding hydrogens is 304 g/mol. The molecule has 0 amide bonds. The Morgan fingerprint density at radius 3 is 2.30 bits per heavy atom. The van der Waals surface area contributed by atoms with Crippen LogP contribution in [0.5, 0.6) is 5.75 Å². The van der Waals surface area contributed by atoms with Gasteiger partial charge in [-0.2, -0.15) is 0 Å². The molecule has 2 aromatic rings. The fourth-order valence-corrected chi connectivity index (χ4v) is 2.99. The summed E-state index contributed by atoms with van der Waals surface area (Å²) in [6.07, 6.45) is 13.2. The maximum Gasteiger partial charge on any atom is 0.115 e. The lowest BCUT2D eigenvalue weighted by molar-refractivity contribution is 0.475. The van der Waals surface area contributed by atoms with Crippen molar-refractivity contribution < 1.29 is 9.32 Å². The van der Waals surface area contributed by atoms with E-state index in [1.807, 2.05) is 36.4 Å². The Hall–Kier alpha value is -2.13. The molecule has 0 saturated carbocycles. The van der Waals surface area contributed by atoms with Crippen molar-refractivity contribution in [2.75, 3.05) is 6.26 Å². The van der Waals surface area contributed by atoms with E-state index in [0.29, 0.717) is 5.75 Å². The minimum Gasteiger partial charge on any atom is -0.508 e. The number of unbranched alkanes of at least 4 members (excludes halogenated alkanes) is 2. The highest BCUT2D eigenvalue weighted by Gasteiger charge is 2.01. The molecule has 0 aromatic heterocycles. The van der Waals surface area contributed by atoms with E-state index >= 15 is 0 Å². The third-order valence-electron chi connectivity index (χ3n) is 3.47. The fourth-order valence-electron chi connectivity index (χ4n) is 2.25. The summed E-state index contributed by atoms with van der Waals surface area (Å²) in [5, 5.41) is 9.22. The second-order valence-corrected chi connectivity index (χ2v) is 6.67. The number of phenolic OH excluding ortho intramolecular Hbond substituents is 1. The smallest absolute Gasteiger partial charge is 0.115 e. The fraction of sp³-hybridized carbons (Fsp3) is 0.200. The molecule has 3 heteroatoms. The lowest BCUT2D eigenvalue weighted by Crippen LogP contribution is -1.90. The molecule has 120 valence electrons. The summed E-state index contributed by atoms with van der Waals surface area (Å²) in [5.74, 6) is 0.292. The van der Waals surface area contributed by atoms with E-state index in [1.54, 1.807) is 18.4 Å². The lowest BCUT2D eigenvalue weighted by Gasteiger charge is -2.01. The van der Waals surface area contributed by atoms with Crippen molar-refractivity contribution in [1.29, 1.82) is 0 Å². The van der Waals surface area contributed by atoms with E-state index in [9.17, 15) is 9.32 Å². The number of hydrogen-bond donors (Lipinski definition) is 1. The zero-order valence-electron chi connectivity index (χ0n) is 13.3. The van der Waals surface area contributed by atoms with Gasteiger partial charge in [-0.3, -0.25) is 4.21 Å². The van der Waals surface area contributed by atoms with E-state index in [0.717, 1.165) is 35.3 Å². The summed E-state index contributed by atoms with van der Waals surface area (Å²) in [6.45, 7) is 0. The van der Waals surface area contributed by atoms with Crippen LogP contribution in [0, 0.1) is 0 Å². The van der Waals surface area contributed by atoms with Crippen LogP contribution in [0.15, 0.2) is 65.6 Å². The van der Waals surface area contributed by atoms with Crippen LogP contribution in [0.2, 0.25) is 0 Å². The van der Waals surface area contributed by atoms with Gasteiger partial charge >= 0.3 is 0 Å². The van der Waals surface area contributed by atoms with Crippen LogP contribution in [-0.2, 0) is 10.8 Å². The molecular formula is C20H22O2S. The van der Waals surface area contributed by atoms with Gasteiger partial charge in [0, 0.05) is 11.2 Å². The summed E-state index contributed by atoms with van der Waals surface area (Å²) < 4.78 is 11.6. The Morgan fingerprint density at radius 1 is 0.957 bits per heavy atom. The normalized spacial score (nSPS) is 12.9. The first-order valence-corrected chi connectivity index (χ1v) is 9.27. The first-order chi connectivity index (χ1) is 11.2. The van der Waals surface area contributed by atoms with E-state index in [1.165, 1.54) is 0 Å². The molecule has 2 rings (SSSR count). The van der Waals surface area contributed by atoms with Gasteiger partial charge in [-0.25, -0.2) is 0 Å². The van der Waals surface area contributed by atoms with Crippen molar-refractivity contribution in [3.8, 4) is 5.75 Å². The second-order valence-electron chi connectivity index (χ2n) is 5.32. The summed E-state index contributed by atoms with van der Waals surface area (Å²) in [4.78, 5) is 0.885. The van der Waals surface area contributed by atoms with Crippen molar-refractivity contribution in [3.05, 3.63) is 71.8 Å². The zero-order valence-corrected chi connectivity index (χ0v) is 14.1. The van der Waals surface area contributed by atoms with Crippen molar-refractivity contribution in [1.82, 2.24) is 0 Å². The van der Waals surface area contributed by atoms with Gasteiger partial charge in [0.25, 0.3) is 0 Å². The minimum atomic E-state index is -0.954. The molecule has 2 aromatic carbocycles. The number of hydrogen-bond acceptors (Lipinski definition) is 2. The quantitative estimate of drug-likeness (QED) is 0.725. The number of benzene rings is 2. The first-order valence-electron chi connectivity index (χ1n) is 7.71. The average molecular weight is 326 g/mol. The van der Waals surface area contributed by atoms with Gasteiger partial charge in [-0.05, 0) is 48.6 Å². The maximum absolute atomic E-state index is 11.6. The lowest BCUT2D eigenvalue weighted by atomic mass is 10.1.